The molecule has 0 saturated heterocycles. The molecule has 1 N–H and O–H groups in total. The van der Waals surface area contributed by atoms with E-state index in [0.717, 1.165) is 40.4 Å². The van der Waals surface area contributed by atoms with Gasteiger partial charge in [-0.05, 0) is 60.7 Å². The molecule has 29 heavy (non-hydrogen) atoms. The number of thioether (sulfide) groups is 1. The van der Waals surface area contributed by atoms with Gasteiger partial charge in [-0.2, -0.15) is 0 Å². The molecule has 0 radical (unpaired) electrons. The molecule has 2 heterocycles. The number of carbonyl (C=O) groups is 1. The molecule has 1 aromatic heterocycles. The summed E-state index contributed by atoms with van der Waals surface area (Å²) in [4.78, 5) is 23.2. The number of para-hydroxylation sites is 2. The number of imidazole rings is 1. The number of aromatic nitrogens is 2. The van der Waals surface area contributed by atoms with Crippen LogP contribution in [0.15, 0.2) is 71.9 Å². The lowest BCUT2D eigenvalue weighted by Crippen LogP contribution is -2.28. The van der Waals surface area contributed by atoms with E-state index in [9.17, 15) is 4.79 Å². The van der Waals surface area contributed by atoms with Gasteiger partial charge in [0.25, 0.3) is 0 Å². The molecule has 4 nitrogen and oxygen atoms in total. The molecule has 3 aromatic carbocycles. The Balaban J connectivity index is 1.45. The molecule has 0 bridgehead atoms. The van der Waals surface area contributed by atoms with Gasteiger partial charge in [0.1, 0.15) is 0 Å². The third-order valence-corrected chi connectivity index (χ3v) is 6.18. The Kier molecular flexibility index (Phi) is 4.60. The molecule has 0 atom stereocenters. The van der Waals surface area contributed by atoms with Gasteiger partial charge in [0.2, 0.25) is 5.91 Å². The quantitative estimate of drug-likeness (QED) is 0.468. The van der Waals surface area contributed by atoms with E-state index in [2.05, 4.69) is 35.1 Å². The molecule has 0 fully saturated rings. The zero-order chi connectivity index (χ0) is 19.8. The highest BCUT2D eigenvalue weighted by Crippen LogP contribution is 2.36. The maximum absolute atomic E-state index is 13.4. The lowest BCUT2D eigenvalue weighted by Gasteiger charge is -2.24. The molecule has 5 heteroatoms. The van der Waals surface area contributed by atoms with Crippen molar-refractivity contribution >= 4 is 40.1 Å². The number of aromatic amines is 1. The van der Waals surface area contributed by atoms with E-state index >= 15 is 0 Å². The first kappa shape index (κ1) is 18.0. The number of hydrogen-bond acceptors (Lipinski definition) is 3. The Morgan fingerprint density at radius 3 is 2.34 bits per heavy atom. The van der Waals surface area contributed by atoms with E-state index in [-0.39, 0.29) is 5.91 Å². The van der Waals surface area contributed by atoms with Crippen LogP contribution in [-0.2, 0) is 17.6 Å². The van der Waals surface area contributed by atoms with Crippen molar-refractivity contribution in [2.75, 3.05) is 10.7 Å². The van der Waals surface area contributed by atoms with Crippen molar-refractivity contribution in [2.24, 2.45) is 0 Å². The minimum absolute atomic E-state index is 0.0634. The highest BCUT2D eigenvalue weighted by Gasteiger charge is 2.25. The number of nitrogens with zero attached hydrogens (tertiary/aromatic N) is 2. The summed E-state index contributed by atoms with van der Waals surface area (Å²) in [6, 6.07) is 22.6. The van der Waals surface area contributed by atoms with Crippen molar-refractivity contribution < 1.29 is 4.79 Å². The van der Waals surface area contributed by atoms with Crippen LogP contribution in [0.2, 0.25) is 0 Å². The van der Waals surface area contributed by atoms with Crippen molar-refractivity contribution in [3.05, 3.63) is 83.4 Å². The van der Waals surface area contributed by atoms with Crippen LogP contribution >= 0.6 is 11.8 Å². The van der Waals surface area contributed by atoms with Crippen molar-refractivity contribution in [3.63, 3.8) is 0 Å². The first-order valence-electron chi connectivity index (χ1n) is 9.77. The van der Waals surface area contributed by atoms with Crippen molar-refractivity contribution in [1.82, 2.24) is 9.97 Å². The summed E-state index contributed by atoms with van der Waals surface area (Å²) in [6.07, 6.45) is 1.88. The van der Waals surface area contributed by atoms with Crippen LogP contribution in [0.4, 0.5) is 11.4 Å². The third kappa shape index (κ3) is 3.42. The van der Waals surface area contributed by atoms with Crippen molar-refractivity contribution in [1.29, 1.82) is 0 Å². The molecular formula is C24H21N3OS. The van der Waals surface area contributed by atoms with Crippen LogP contribution in [0.5, 0.6) is 0 Å². The summed E-state index contributed by atoms with van der Waals surface area (Å²) in [5, 5.41) is 0.773. The molecule has 144 valence electrons. The van der Waals surface area contributed by atoms with Gasteiger partial charge >= 0.3 is 0 Å². The van der Waals surface area contributed by atoms with E-state index < -0.39 is 0 Å². The standard InChI is InChI=1S/C24H21N3OS/c1-16-10-13-19-20(14-16)26-24(25-19)29-15-23(28)27-21-8-4-2-6-17(21)11-12-18-7-3-5-9-22(18)27/h2-10,13-14H,11-12,15H2,1H3,(H,25,26). The van der Waals surface area contributed by atoms with Gasteiger partial charge in [0.05, 0.1) is 28.2 Å². The summed E-state index contributed by atoms with van der Waals surface area (Å²) in [7, 11) is 0. The molecule has 0 unspecified atom stereocenters. The number of hydrogen-bond donors (Lipinski definition) is 1. The van der Waals surface area contributed by atoms with Crippen LogP contribution in [-0.4, -0.2) is 21.6 Å². The first-order valence-corrected chi connectivity index (χ1v) is 10.8. The summed E-state index contributed by atoms with van der Waals surface area (Å²) >= 11 is 1.45. The fourth-order valence-electron chi connectivity index (χ4n) is 3.91. The second-order valence-corrected chi connectivity index (χ2v) is 8.30. The number of amides is 1. The minimum atomic E-state index is 0.0634. The SMILES string of the molecule is Cc1ccc2nc(SCC(=O)N3c4ccccc4CCc4ccccc43)[nH]c2c1. The highest BCUT2D eigenvalue weighted by molar-refractivity contribution is 7.99. The van der Waals surface area contributed by atoms with Gasteiger partial charge in [-0.15, -0.1) is 0 Å². The lowest BCUT2D eigenvalue weighted by molar-refractivity contribution is -0.115. The smallest absolute Gasteiger partial charge is 0.242 e. The monoisotopic (exact) mass is 399 g/mol. The van der Waals surface area contributed by atoms with Crippen molar-refractivity contribution in [2.45, 2.75) is 24.9 Å². The number of anilines is 2. The number of H-pyrrole nitrogens is 1. The number of benzene rings is 3. The first-order chi connectivity index (χ1) is 14.2. The number of fused-ring (bicyclic) bond motifs is 3. The predicted octanol–water partition coefficient (Wildman–Crippen LogP) is 5.43. The molecule has 1 amide bonds. The topological polar surface area (TPSA) is 49.0 Å². The number of rotatable bonds is 3. The van der Waals surface area contributed by atoms with E-state index in [1.165, 1.54) is 28.5 Å². The maximum atomic E-state index is 13.4. The van der Waals surface area contributed by atoms with E-state index in [1.54, 1.807) is 0 Å². The Labute approximate surface area is 174 Å². The van der Waals surface area contributed by atoms with Gasteiger partial charge < -0.3 is 4.98 Å². The van der Waals surface area contributed by atoms with Gasteiger partial charge in [-0.25, -0.2) is 4.98 Å². The van der Waals surface area contributed by atoms with Crippen LogP contribution in [0, 0.1) is 6.92 Å². The van der Waals surface area contributed by atoms with Crippen molar-refractivity contribution in [3.8, 4) is 0 Å². The van der Waals surface area contributed by atoms with Gasteiger partial charge in [-0.3, -0.25) is 9.69 Å². The van der Waals surface area contributed by atoms with E-state index in [4.69, 9.17) is 0 Å². The van der Waals surface area contributed by atoms with E-state index in [1.807, 2.05) is 53.4 Å². The number of carbonyl (C=O) groups excluding carboxylic acids is 1. The van der Waals surface area contributed by atoms with Crippen LogP contribution in [0.3, 0.4) is 0 Å². The second-order valence-electron chi connectivity index (χ2n) is 7.34. The largest absolute Gasteiger partial charge is 0.333 e. The summed E-state index contributed by atoms with van der Waals surface area (Å²) in [5.74, 6) is 0.384. The van der Waals surface area contributed by atoms with Gasteiger partial charge in [0.15, 0.2) is 5.16 Å². The molecule has 0 saturated carbocycles. The normalized spacial score (nSPS) is 13.1. The molecule has 0 aliphatic carbocycles. The Morgan fingerprint density at radius 1 is 1.00 bits per heavy atom. The Morgan fingerprint density at radius 2 is 1.66 bits per heavy atom. The molecule has 0 spiro atoms. The molecule has 5 rings (SSSR count). The van der Waals surface area contributed by atoms with E-state index in [0.29, 0.717) is 5.75 Å². The fraction of sp³-hybridized carbons (Fsp3) is 0.167. The molecule has 1 aliphatic rings. The zero-order valence-electron chi connectivity index (χ0n) is 16.2. The predicted molar refractivity (Wildman–Crippen MR) is 119 cm³/mol. The lowest BCUT2D eigenvalue weighted by atomic mass is 10.0. The summed E-state index contributed by atoms with van der Waals surface area (Å²) < 4.78 is 0. The Bertz CT molecular complexity index is 1170. The number of aryl methyl sites for hydroxylation is 3. The summed E-state index contributed by atoms with van der Waals surface area (Å²) in [5.41, 5.74) is 7.52. The molecule has 1 aliphatic heterocycles. The maximum Gasteiger partial charge on any atom is 0.242 e. The Hall–Kier alpha value is -3.05. The van der Waals surface area contributed by atoms with Gasteiger partial charge in [-0.1, -0.05) is 54.2 Å². The number of nitrogens with one attached hydrogen (secondary N) is 1. The zero-order valence-corrected chi connectivity index (χ0v) is 17.0. The van der Waals surface area contributed by atoms with Crippen LogP contribution in [0.25, 0.3) is 11.0 Å². The average Bonchev–Trinajstić information content (AvgIpc) is 3.06. The highest BCUT2D eigenvalue weighted by atomic mass is 32.2. The van der Waals surface area contributed by atoms with Gasteiger partial charge in [0, 0.05) is 0 Å². The second kappa shape index (κ2) is 7.41. The fourth-order valence-corrected chi connectivity index (χ4v) is 4.65. The molecular weight excluding hydrogens is 378 g/mol. The van der Waals surface area contributed by atoms with Crippen LogP contribution in [0.1, 0.15) is 16.7 Å². The minimum Gasteiger partial charge on any atom is -0.333 e. The third-order valence-electron chi connectivity index (χ3n) is 5.33. The van der Waals surface area contributed by atoms with Crippen LogP contribution < -0.4 is 4.90 Å². The molecule has 4 aromatic rings. The summed E-state index contributed by atoms with van der Waals surface area (Å²) in [6.45, 7) is 2.06. The average molecular weight is 400 g/mol.